The second-order valence-corrected chi connectivity index (χ2v) is 14.4. The van der Waals surface area contributed by atoms with Crippen LogP contribution in [0.1, 0.15) is 25.0 Å². The maximum absolute atomic E-state index is 2.49. The summed E-state index contributed by atoms with van der Waals surface area (Å²) in [6.07, 6.45) is 0. The minimum atomic E-state index is -0.0970. The fourth-order valence-corrected chi connectivity index (χ4v) is 9.22. The average Bonchev–Trinajstić information content (AvgIpc) is 3.60. The van der Waals surface area contributed by atoms with Crippen LogP contribution in [-0.2, 0) is 5.41 Å². The number of benzene rings is 9. The Hall–Kier alpha value is -5.98. The van der Waals surface area contributed by atoms with Gasteiger partial charge in [0.15, 0.2) is 0 Å². The van der Waals surface area contributed by atoms with Gasteiger partial charge in [0.05, 0.1) is 0 Å². The molecule has 228 valence electrons. The van der Waals surface area contributed by atoms with Crippen LogP contribution in [0.25, 0.3) is 98.7 Å². The average molecular weight is 621 g/mol. The van der Waals surface area contributed by atoms with Gasteiger partial charge in [-0.1, -0.05) is 153 Å². The van der Waals surface area contributed by atoms with Crippen molar-refractivity contribution in [1.82, 2.24) is 0 Å². The van der Waals surface area contributed by atoms with Crippen molar-refractivity contribution in [2.75, 3.05) is 0 Å². The highest BCUT2D eigenvalue weighted by molar-refractivity contribution is 6.19. The zero-order valence-electron chi connectivity index (χ0n) is 27.5. The Balaban J connectivity index is 1.07. The van der Waals surface area contributed by atoms with Gasteiger partial charge in [0.1, 0.15) is 0 Å². The summed E-state index contributed by atoms with van der Waals surface area (Å²) < 4.78 is 0. The minimum absolute atomic E-state index is 0.0970. The lowest BCUT2D eigenvalue weighted by Crippen LogP contribution is -2.15. The van der Waals surface area contributed by atoms with E-state index in [0.717, 1.165) is 0 Å². The first-order valence-electron chi connectivity index (χ1n) is 17.4. The lowest BCUT2D eigenvalue weighted by Gasteiger charge is -2.23. The van der Waals surface area contributed by atoms with Crippen molar-refractivity contribution in [1.29, 1.82) is 0 Å². The molecule has 11 rings (SSSR count). The normalized spacial score (nSPS) is 13.7. The second-order valence-electron chi connectivity index (χ2n) is 14.4. The van der Waals surface area contributed by atoms with Gasteiger partial charge in [-0.3, -0.25) is 0 Å². The van der Waals surface area contributed by atoms with Gasteiger partial charge in [0.2, 0.25) is 0 Å². The molecule has 2 aliphatic rings. The molecule has 0 aliphatic heterocycles. The molecule has 0 saturated carbocycles. The number of rotatable bonds is 2. The zero-order chi connectivity index (χ0) is 32.4. The van der Waals surface area contributed by atoms with Crippen LogP contribution in [0.3, 0.4) is 0 Å². The highest BCUT2D eigenvalue weighted by Gasteiger charge is 2.38. The molecule has 0 heterocycles. The number of hydrogen-bond donors (Lipinski definition) is 0. The summed E-state index contributed by atoms with van der Waals surface area (Å²) in [5.74, 6) is 0. The number of hydrogen-bond acceptors (Lipinski definition) is 0. The van der Waals surface area contributed by atoms with Crippen LogP contribution in [0.2, 0.25) is 0 Å². The highest BCUT2D eigenvalue weighted by Crippen LogP contribution is 2.55. The van der Waals surface area contributed by atoms with E-state index in [2.05, 4.69) is 172 Å². The van der Waals surface area contributed by atoms with Gasteiger partial charge < -0.3 is 0 Å². The van der Waals surface area contributed by atoms with Crippen molar-refractivity contribution < 1.29 is 0 Å². The molecule has 0 nitrogen and oxygen atoms in total. The fourth-order valence-electron chi connectivity index (χ4n) is 9.22. The summed E-state index contributed by atoms with van der Waals surface area (Å²) in [6.45, 7) is 4.79. The smallest absolute Gasteiger partial charge is 0.0159 e. The van der Waals surface area contributed by atoms with E-state index in [9.17, 15) is 0 Å². The Morgan fingerprint density at radius 2 is 0.878 bits per heavy atom. The van der Waals surface area contributed by atoms with E-state index in [0.29, 0.717) is 0 Å². The third kappa shape index (κ3) is 3.58. The molecule has 9 aromatic carbocycles. The molecular weight excluding hydrogens is 589 g/mol. The van der Waals surface area contributed by atoms with Crippen LogP contribution in [0.5, 0.6) is 0 Å². The Labute approximate surface area is 285 Å². The van der Waals surface area contributed by atoms with Gasteiger partial charge in [-0.25, -0.2) is 0 Å². The van der Waals surface area contributed by atoms with E-state index in [-0.39, 0.29) is 5.41 Å². The third-order valence-electron chi connectivity index (χ3n) is 11.6. The summed E-state index contributed by atoms with van der Waals surface area (Å²) in [6, 6.07) is 59.3. The van der Waals surface area contributed by atoms with Gasteiger partial charge in [0, 0.05) is 5.41 Å². The van der Waals surface area contributed by atoms with Crippen LogP contribution in [0, 0.1) is 0 Å². The quantitative estimate of drug-likeness (QED) is 0.180. The van der Waals surface area contributed by atoms with Gasteiger partial charge in [-0.15, -0.1) is 0 Å². The molecule has 0 atom stereocenters. The van der Waals surface area contributed by atoms with Gasteiger partial charge in [0.25, 0.3) is 0 Å². The molecule has 9 aromatic rings. The van der Waals surface area contributed by atoms with Crippen LogP contribution in [-0.4, -0.2) is 0 Å². The summed E-state index contributed by atoms with van der Waals surface area (Å²) in [5, 5.41) is 10.5. The lowest BCUT2D eigenvalue weighted by atomic mass is 9.80. The number of fused-ring (bicyclic) bond motifs is 11. The van der Waals surface area contributed by atoms with E-state index >= 15 is 0 Å². The van der Waals surface area contributed by atoms with Crippen LogP contribution >= 0.6 is 0 Å². The first-order valence-corrected chi connectivity index (χ1v) is 17.4. The highest BCUT2D eigenvalue weighted by atomic mass is 14.4. The molecule has 0 aromatic heterocycles. The van der Waals surface area contributed by atoms with Crippen molar-refractivity contribution in [2.45, 2.75) is 19.3 Å². The lowest BCUT2D eigenvalue weighted by molar-refractivity contribution is 0.661. The molecule has 2 aliphatic carbocycles. The fraction of sp³-hybridized carbons (Fsp3) is 0.0612. The summed E-state index contributed by atoms with van der Waals surface area (Å²) in [4.78, 5) is 0. The third-order valence-corrected chi connectivity index (χ3v) is 11.6. The molecule has 0 saturated heterocycles. The Morgan fingerprint density at radius 3 is 1.65 bits per heavy atom. The molecule has 0 fully saturated rings. The van der Waals surface area contributed by atoms with E-state index < -0.39 is 0 Å². The van der Waals surface area contributed by atoms with E-state index in [4.69, 9.17) is 0 Å². The molecule has 0 radical (unpaired) electrons. The largest absolute Gasteiger partial charge is 0.0616 e. The zero-order valence-corrected chi connectivity index (χ0v) is 27.5. The van der Waals surface area contributed by atoms with Gasteiger partial charge in [-0.05, 0) is 128 Å². The minimum Gasteiger partial charge on any atom is -0.0616 e. The SMILES string of the molecule is CC1(C)c2ccc3ccccc3c2-c2c1cc(-c1ccc3cc(-c4ccc5c6c(cccc46)-c4ccccc4-5)ccc3c1)c1ccccc21. The maximum atomic E-state index is 2.49. The summed E-state index contributed by atoms with van der Waals surface area (Å²) in [7, 11) is 0. The van der Waals surface area contributed by atoms with E-state index in [1.54, 1.807) is 0 Å². The molecule has 0 amide bonds. The topological polar surface area (TPSA) is 0 Å². The van der Waals surface area contributed by atoms with Crippen molar-refractivity contribution in [3.8, 4) is 55.6 Å². The van der Waals surface area contributed by atoms with Crippen LogP contribution in [0.15, 0.2) is 158 Å². The predicted molar refractivity (Wildman–Crippen MR) is 209 cm³/mol. The standard InChI is InChI=1S/C49H32/c1-49(2)44-25-22-29-10-3-4-11-35(29)47(44)48-41-15-8-7-14-38(41)43(28-45(48)49)33-21-19-30-26-32(20-18-31(30)27-33)34-23-24-42-37-13-6-5-12-36(37)40-17-9-16-39(34)46(40)42/h3-28H,1-2H3. The van der Waals surface area contributed by atoms with Crippen molar-refractivity contribution in [3.05, 3.63) is 169 Å². The molecule has 0 spiro atoms. The van der Waals surface area contributed by atoms with Crippen molar-refractivity contribution >= 4 is 43.1 Å². The molecule has 0 heteroatoms. The Kier molecular flexibility index (Phi) is 5.27. The molecule has 49 heavy (non-hydrogen) atoms. The molecule has 0 N–H and O–H groups in total. The molecular formula is C49H32. The molecule has 0 unspecified atom stereocenters. The van der Waals surface area contributed by atoms with Gasteiger partial charge >= 0.3 is 0 Å². The van der Waals surface area contributed by atoms with E-state index in [1.807, 2.05) is 0 Å². The molecule has 0 bridgehead atoms. The van der Waals surface area contributed by atoms with Crippen LogP contribution in [0.4, 0.5) is 0 Å². The monoisotopic (exact) mass is 620 g/mol. The summed E-state index contributed by atoms with van der Waals surface area (Å²) in [5.41, 5.74) is 16.0. The second kappa shape index (κ2) is 9.56. The van der Waals surface area contributed by atoms with Gasteiger partial charge in [-0.2, -0.15) is 0 Å². The van der Waals surface area contributed by atoms with Crippen LogP contribution < -0.4 is 0 Å². The predicted octanol–water partition coefficient (Wildman–Crippen LogP) is 13.6. The first kappa shape index (κ1) is 27.0. The Bertz CT molecular complexity index is 2870. The first-order chi connectivity index (χ1) is 24.1. The van der Waals surface area contributed by atoms with E-state index in [1.165, 1.54) is 110 Å². The maximum Gasteiger partial charge on any atom is 0.0159 e. The van der Waals surface area contributed by atoms with Crippen molar-refractivity contribution in [3.63, 3.8) is 0 Å². The summed E-state index contributed by atoms with van der Waals surface area (Å²) >= 11 is 0. The van der Waals surface area contributed by atoms with Crippen molar-refractivity contribution in [2.24, 2.45) is 0 Å². The Morgan fingerprint density at radius 1 is 0.327 bits per heavy atom.